The molecule has 7 heteroatoms. The van der Waals surface area contributed by atoms with Gasteiger partial charge in [0, 0.05) is 6.07 Å². The molecule has 0 bridgehead atoms. The molecule has 0 spiro atoms. The number of nitro benzene ring substituents is 1. The molecule has 1 aliphatic rings. The van der Waals surface area contributed by atoms with Crippen molar-refractivity contribution < 1.29 is 14.5 Å². The Kier molecular flexibility index (Phi) is 3.53. The van der Waals surface area contributed by atoms with Crippen LogP contribution in [0.15, 0.2) is 59.7 Å². The number of nitrogens with zero attached hydrogens (tertiary/aromatic N) is 3. The van der Waals surface area contributed by atoms with E-state index in [9.17, 15) is 14.9 Å². The van der Waals surface area contributed by atoms with Crippen molar-refractivity contribution in [2.75, 3.05) is 11.6 Å². The highest BCUT2D eigenvalue weighted by atomic mass is 16.6. The highest BCUT2D eigenvalue weighted by Crippen LogP contribution is 2.23. The molecule has 1 amide bonds. The fourth-order valence-electron chi connectivity index (χ4n) is 2.08. The second-order valence-electron chi connectivity index (χ2n) is 4.51. The van der Waals surface area contributed by atoms with Crippen molar-refractivity contribution in [2.45, 2.75) is 0 Å². The Bertz CT molecular complexity index is 758. The zero-order valence-electron chi connectivity index (χ0n) is 11.4. The number of carbonyl (C=O) groups excluding carboxylic acids is 1. The zero-order valence-corrected chi connectivity index (χ0v) is 11.4. The highest BCUT2D eigenvalue weighted by molar-refractivity contribution is 6.06. The fourth-order valence-corrected chi connectivity index (χ4v) is 2.08. The Morgan fingerprint density at radius 1 is 1.09 bits per heavy atom. The van der Waals surface area contributed by atoms with Crippen LogP contribution in [0.2, 0.25) is 0 Å². The number of para-hydroxylation sites is 2. The van der Waals surface area contributed by atoms with E-state index in [2.05, 4.69) is 5.10 Å². The number of hydrazone groups is 1. The van der Waals surface area contributed by atoms with Crippen molar-refractivity contribution in [1.82, 2.24) is 0 Å². The molecule has 0 aliphatic carbocycles. The van der Waals surface area contributed by atoms with E-state index in [-0.39, 0.29) is 29.7 Å². The maximum absolute atomic E-state index is 12.0. The van der Waals surface area contributed by atoms with Crippen LogP contribution in [0.3, 0.4) is 0 Å². The van der Waals surface area contributed by atoms with Crippen LogP contribution >= 0.6 is 0 Å². The number of benzene rings is 2. The van der Waals surface area contributed by atoms with Crippen molar-refractivity contribution >= 4 is 23.2 Å². The van der Waals surface area contributed by atoms with E-state index in [1.54, 1.807) is 36.4 Å². The minimum Gasteiger partial charge on any atom is -0.466 e. The molecule has 0 unspecified atom stereocenters. The summed E-state index contributed by atoms with van der Waals surface area (Å²) in [4.78, 5) is 22.5. The van der Waals surface area contributed by atoms with Gasteiger partial charge in [0.2, 0.25) is 5.90 Å². The summed E-state index contributed by atoms with van der Waals surface area (Å²) in [6.45, 7) is -0.222. The Labute approximate surface area is 125 Å². The first kappa shape index (κ1) is 13.7. The number of rotatable bonds is 3. The maximum Gasteiger partial charge on any atom is 0.285 e. The molecule has 0 aromatic heterocycles. The molecule has 0 atom stereocenters. The third kappa shape index (κ3) is 2.51. The van der Waals surface area contributed by atoms with Gasteiger partial charge in [-0.2, -0.15) is 5.01 Å². The van der Waals surface area contributed by atoms with Crippen LogP contribution in [0, 0.1) is 10.1 Å². The van der Waals surface area contributed by atoms with Gasteiger partial charge in [0.25, 0.3) is 11.6 Å². The first-order valence-corrected chi connectivity index (χ1v) is 6.50. The van der Waals surface area contributed by atoms with E-state index < -0.39 is 4.92 Å². The van der Waals surface area contributed by atoms with E-state index in [0.29, 0.717) is 5.69 Å². The third-order valence-corrected chi connectivity index (χ3v) is 3.09. The summed E-state index contributed by atoms with van der Waals surface area (Å²) >= 11 is 0. The maximum atomic E-state index is 12.0. The van der Waals surface area contributed by atoms with Crippen molar-refractivity contribution in [3.8, 4) is 0 Å². The second-order valence-corrected chi connectivity index (χ2v) is 4.51. The smallest absolute Gasteiger partial charge is 0.285 e. The molecule has 0 fully saturated rings. The van der Waals surface area contributed by atoms with Crippen molar-refractivity contribution in [3.63, 3.8) is 0 Å². The molecule has 0 saturated carbocycles. The highest BCUT2D eigenvalue weighted by Gasteiger charge is 2.27. The zero-order chi connectivity index (χ0) is 15.5. The number of ether oxygens (including phenoxy) is 1. The van der Waals surface area contributed by atoms with E-state index >= 15 is 0 Å². The molecule has 0 N–H and O–H groups in total. The van der Waals surface area contributed by atoms with Gasteiger partial charge in [-0.05, 0) is 18.2 Å². The minimum atomic E-state index is -0.509. The Morgan fingerprint density at radius 2 is 1.77 bits per heavy atom. The van der Waals surface area contributed by atoms with E-state index in [1.165, 1.54) is 17.1 Å². The standard InChI is InChI=1S/C15H11N3O4/c19-14-10-22-15(12-8-4-5-9-13(12)18(20)21)16-17(14)11-6-2-1-3-7-11/h1-9H,10H2. The summed E-state index contributed by atoms with van der Waals surface area (Å²) in [5.74, 6) is -0.288. The average molecular weight is 297 g/mol. The monoisotopic (exact) mass is 297 g/mol. The van der Waals surface area contributed by atoms with E-state index in [4.69, 9.17) is 4.74 Å². The second kappa shape index (κ2) is 5.65. The average Bonchev–Trinajstić information content (AvgIpc) is 2.56. The van der Waals surface area contributed by atoms with Crippen LogP contribution in [0.25, 0.3) is 0 Å². The minimum absolute atomic E-state index is 0.0516. The number of nitro groups is 1. The van der Waals surface area contributed by atoms with Gasteiger partial charge in [-0.3, -0.25) is 14.9 Å². The van der Waals surface area contributed by atoms with Gasteiger partial charge in [0.1, 0.15) is 5.56 Å². The topological polar surface area (TPSA) is 85.0 Å². The summed E-state index contributed by atoms with van der Waals surface area (Å²) in [6.07, 6.45) is 0. The molecular formula is C15H11N3O4. The SMILES string of the molecule is O=C1COC(c2ccccc2[N+](=O)[O-])=NN1c1ccccc1. The van der Waals surface area contributed by atoms with Gasteiger partial charge >= 0.3 is 0 Å². The largest absolute Gasteiger partial charge is 0.466 e. The van der Waals surface area contributed by atoms with Crippen LogP contribution in [0.1, 0.15) is 5.56 Å². The summed E-state index contributed by atoms with van der Waals surface area (Å²) < 4.78 is 5.27. The normalized spacial score (nSPS) is 14.3. The third-order valence-electron chi connectivity index (χ3n) is 3.09. The first-order valence-electron chi connectivity index (χ1n) is 6.50. The van der Waals surface area contributed by atoms with Crippen molar-refractivity contribution in [2.24, 2.45) is 5.10 Å². The van der Waals surface area contributed by atoms with Gasteiger partial charge in [-0.15, -0.1) is 5.10 Å². The molecule has 7 nitrogen and oxygen atoms in total. The Balaban J connectivity index is 2.05. The Hall–Kier alpha value is -3.22. The van der Waals surface area contributed by atoms with Crippen LogP contribution in [-0.4, -0.2) is 23.3 Å². The van der Waals surface area contributed by atoms with Crippen LogP contribution in [0.4, 0.5) is 11.4 Å². The predicted octanol–water partition coefficient (Wildman–Crippen LogP) is 2.32. The lowest BCUT2D eigenvalue weighted by Gasteiger charge is -2.23. The van der Waals surface area contributed by atoms with Crippen LogP contribution < -0.4 is 5.01 Å². The molecule has 110 valence electrons. The molecular weight excluding hydrogens is 286 g/mol. The fraction of sp³-hybridized carbons (Fsp3) is 0.0667. The Morgan fingerprint density at radius 3 is 2.50 bits per heavy atom. The first-order chi connectivity index (χ1) is 10.7. The van der Waals surface area contributed by atoms with Crippen LogP contribution in [0.5, 0.6) is 0 Å². The lowest BCUT2D eigenvalue weighted by atomic mass is 10.2. The molecule has 2 aromatic carbocycles. The summed E-state index contributed by atoms with van der Waals surface area (Å²) in [5, 5.41) is 16.4. The predicted molar refractivity (Wildman–Crippen MR) is 79.5 cm³/mol. The number of hydrogen-bond acceptors (Lipinski definition) is 5. The van der Waals surface area contributed by atoms with Crippen molar-refractivity contribution in [1.29, 1.82) is 0 Å². The quantitative estimate of drug-likeness (QED) is 0.642. The number of carbonyl (C=O) groups is 1. The van der Waals surface area contributed by atoms with Gasteiger partial charge in [0.05, 0.1) is 10.6 Å². The van der Waals surface area contributed by atoms with Crippen molar-refractivity contribution in [3.05, 3.63) is 70.3 Å². The lowest BCUT2D eigenvalue weighted by molar-refractivity contribution is -0.385. The van der Waals surface area contributed by atoms with Gasteiger partial charge in [0.15, 0.2) is 6.61 Å². The molecule has 1 heterocycles. The summed E-state index contributed by atoms with van der Waals surface area (Å²) in [7, 11) is 0. The summed E-state index contributed by atoms with van der Waals surface area (Å²) in [6, 6.07) is 14.9. The number of anilines is 1. The molecule has 2 aromatic rings. The van der Waals surface area contributed by atoms with Gasteiger partial charge in [-0.1, -0.05) is 30.3 Å². The molecule has 0 radical (unpaired) electrons. The van der Waals surface area contributed by atoms with E-state index in [1.807, 2.05) is 6.07 Å². The lowest BCUT2D eigenvalue weighted by Crippen LogP contribution is -2.37. The number of hydrogen-bond donors (Lipinski definition) is 0. The molecule has 0 saturated heterocycles. The summed E-state index contributed by atoms with van der Waals surface area (Å²) in [5.41, 5.74) is 0.691. The number of amides is 1. The molecule has 1 aliphatic heterocycles. The van der Waals surface area contributed by atoms with Gasteiger partial charge < -0.3 is 4.74 Å². The molecule has 3 rings (SSSR count). The van der Waals surface area contributed by atoms with Gasteiger partial charge in [-0.25, -0.2) is 0 Å². The van der Waals surface area contributed by atoms with Crippen LogP contribution in [-0.2, 0) is 9.53 Å². The molecule has 22 heavy (non-hydrogen) atoms. The van der Waals surface area contributed by atoms with E-state index in [0.717, 1.165) is 0 Å².